The Balaban J connectivity index is 0.00000320. The summed E-state index contributed by atoms with van der Waals surface area (Å²) in [4.78, 5) is 4.68. The van der Waals surface area contributed by atoms with Crippen LogP contribution < -0.4 is 10.6 Å². The fraction of sp³-hybridized carbons (Fsp3) is 0.348. The van der Waals surface area contributed by atoms with Gasteiger partial charge in [0.1, 0.15) is 12.9 Å². The van der Waals surface area contributed by atoms with Crippen molar-refractivity contribution in [1.82, 2.24) is 25.4 Å². The second-order valence-corrected chi connectivity index (χ2v) is 6.82. The molecule has 2 N–H and O–H groups in total. The van der Waals surface area contributed by atoms with Gasteiger partial charge in [-0.1, -0.05) is 60.7 Å². The minimum absolute atomic E-state index is 0. The molecule has 0 aliphatic heterocycles. The minimum Gasteiger partial charge on any atom is -0.357 e. The summed E-state index contributed by atoms with van der Waals surface area (Å²) in [5.41, 5.74) is 2.66. The normalized spacial score (nSPS) is 11.2. The van der Waals surface area contributed by atoms with Gasteiger partial charge in [0, 0.05) is 25.6 Å². The van der Waals surface area contributed by atoms with Crippen molar-refractivity contribution in [3.63, 3.8) is 0 Å². The number of aliphatic imine (C=N–C) groups is 1. The zero-order valence-electron chi connectivity index (χ0n) is 17.7. The summed E-state index contributed by atoms with van der Waals surface area (Å²) in [7, 11) is 0. The Morgan fingerprint density at radius 2 is 1.60 bits per heavy atom. The maximum Gasteiger partial charge on any atom is 0.191 e. The molecule has 3 aromatic rings. The van der Waals surface area contributed by atoms with Gasteiger partial charge in [0.15, 0.2) is 11.8 Å². The third-order valence-electron chi connectivity index (χ3n) is 4.89. The molecule has 0 aliphatic rings. The van der Waals surface area contributed by atoms with Crippen LogP contribution in [0.2, 0.25) is 0 Å². The van der Waals surface area contributed by atoms with Crippen molar-refractivity contribution >= 4 is 29.9 Å². The van der Waals surface area contributed by atoms with E-state index in [9.17, 15) is 0 Å². The standard InChI is InChI=1S/C23H30N6.HI/c1-3-24-23(26-17-22-28-27-18-29(22)4-2)25-16-15-21(19-11-7-5-8-12-19)20-13-9-6-10-14-20;/h5-14,18,21H,3-4,15-17H2,1-2H3,(H2,24,25,26);1H. The molecule has 3 rings (SSSR count). The van der Waals surface area contributed by atoms with Crippen LogP contribution in [-0.4, -0.2) is 33.8 Å². The molecule has 0 saturated heterocycles. The number of hydrogen-bond acceptors (Lipinski definition) is 3. The largest absolute Gasteiger partial charge is 0.357 e. The van der Waals surface area contributed by atoms with Gasteiger partial charge < -0.3 is 15.2 Å². The number of nitrogens with zero attached hydrogens (tertiary/aromatic N) is 4. The Hall–Kier alpha value is -2.42. The van der Waals surface area contributed by atoms with Gasteiger partial charge in [-0.15, -0.1) is 34.2 Å². The van der Waals surface area contributed by atoms with E-state index in [1.807, 2.05) is 4.57 Å². The van der Waals surface area contributed by atoms with Crippen LogP contribution in [-0.2, 0) is 13.1 Å². The summed E-state index contributed by atoms with van der Waals surface area (Å²) in [6.07, 6.45) is 2.72. The molecule has 0 atom stereocenters. The monoisotopic (exact) mass is 518 g/mol. The molecule has 6 nitrogen and oxygen atoms in total. The van der Waals surface area contributed by atoms with Gasteiger partial charge in [0.05, 0.1) is 0 Å². The zero-order chi connectivity index (χ0) is 20.3. The van der Waals surface area contributed by atoms with Gasteiger partial charge in [-0.25, -0.2) is 4.99 Å². The maximum absolute atomic E-state index is 4.68. The van der Waals surface area contributed by atoms with Gasteiger partial charge in [-0.05, 0) is 31.4 Å². The number of benzene rings is 2. The number of rotatable bonds is 9. The van der Waals surface area contributed by atoms with E-state index in [0.717, 1.165) is 37.8 Å². The van der Waals surface area contributed by atoms with Crippen LogP contribution in [0.25, 0.3) is 0 Å². The first-order chi connectivity index (χ1) is 14.3. The second-order valence-electron chi connectivity index (χ2n) is 6.82. The van der Waals surface area contributed by atoms with E-state index in [1.165, 1.54) is 11.1 Å². The van der Waals surface area contributed by atoms with Gasteiger partial charge in [-0.3, -0.25) is 0 Å². The smallest absolute Gasteiger partial charge is 0.191 e. The Kier molecular flexibility index (Phi) is 10.3. The average Bonchev–Trinajstić information content (AvgIpc) is 3.24. The van der Waals surface area contributed by atoms with Crippen LogP contribution in [0.1, 0.15) is 43.1 Å². The Bertz CT molecular complexity index is 839. The first-order valence-electron chi connectivity index (χ1n) is 10.3. The number of halogens is 1. The number of hydrogen-bond donors (Lipinski definition) is 2. The molecule has 0 spiro atoms. The molecule has 0 unspecified atom stereocenters. The van der Waals surface area contributed by atoms with Crippen molar-refractivity contribution in [2.45, 2.75) is 39.3 Å². The lowest BCUT2D eigenvalue weighted by molar-refractivity contribution is 0.671. The van der Waals surface area contributed by atoms with Crippen molar-refractivity contribution in [2.75, 3.05) is 13.1 Å². The van der Waals surface area contributed by atoms with Crippen molar-refractivity contribution in [2.24, 2.45) is 4.99 Å². The average molecular weight is 518 g/mol. The molecule has 1 aromatic heterocycles. The van der Waals surface area contributed by atoms with Crippen LogP contribution in [0.15, 0.2) is 72.0 Å². The summed E-state index contributed by atoms with van der Waals surface area (Å²) < 4.78 is 2.01. The lowest BCUT2D eigenvalue weighted by Gasteiger charge is -2.19. The van der Waals surface area contributed by atoms with E-state index in [4.69, 9.17) is 0 Å². The van der Waals surface area contributed by atoms with Gasteiger partial charge in [-0.2, -0.15) is 0 Å². The number of nitrogens with one attached hydrogen (secondary N) is 2. The minimum atomic E-state index is 0. The molecule has 0 fully saturated rings. The molecule has 160 valence electrons. The summed E-state index contributed by atoms with van der Waals surface area (Å²) >= 11 is 0. The van der Waals surface area contributed by atoms with E-state index in [-0.39, 0.29) is 24.0 Å². The van der Waals surface area contributed by atoms with E-state index in [2.05, 4.69) is 100 Å². The molecular weight excluding hydrogens is 487 g/mol. The predicted molar refractivity (Wildman–Crippen MR) is 133 cm³/mol. The molecule has 0 aliphatic carbocycles. The van der Waals surface area contributed by atoms with Crippen LogP contribution in [0, 0.1) is 0 Å². The SMILES string of the molecule is CCNC(=NCc1nncn1CC)NCCC(c1ccccc1)c1ccccc1.I. The van der Waals surface area contributed by atoms with Gasteiger partial charge in [0.25, 0.3) is 0 Å². The Morgan fingerprint density at radius 1 is 0.967 bits per heavy atom. The van der Waals surface area contributed by atoms with Gasteiger partial charge >= 0.3 is 0 Å². The third-order valence-corrected chi connectivity index (χ3v) is 4.89. The summed E-state index contributed by atoms with van der Waals surface area (Å²) in [5, 5.41) is 14.9. The molecular formula is C23H31IN6. The lowest BCUT2D eigenvalue weighted by atomic mass is 9.88. The molecule has 7 heteroatoms. The fourth-order valence-corrected chi connectivity index (χ4v) is 3.39. The first-order valence-corrected chi connectivity index (χ1v) is 10.3. The molecule has 1 heterocycles. The first kappa shape index (κ1) is 23.9. The lowest BCUT2D eigenvalue weighted by Crippen LogP contribution is -2.38. The highest BCUT2D eigenvalue weighted by Crippen LogP contribution is 2.27. The Morgan fingerprint density at radius 3 is 2.17 bits per heavy atom. The molecule has 30 heavy (non-hydrogen) atoms. The highest BCUT2D eigenvalue weighted by Gasteiger charge is 2.14. The van der Waals surface area contributed by atoms with E-state index in [1.54, 1.807) is 6.33 Å². The Labute approximate surface area is 196 Å². The van der Waals surface area contributed by atoms with E-state index in [0.29, 0.717) is 12.5 Å². The molecule has 0 radical (unpaired) electrons. The quantitative estimate of drug-likeness (QED) is 0.253. The summed E-state index contributed by atoms with van der Waals surface area (Å²) in [6.45, 7) is 7.13. The highest BCUT2D eigenvalue weighted by atomic mass is 127. The third kappa shape index (κ3) is 6.83. The fourth-order valence-electron chi connectivity index (χ4n) is 3.39. The van der Waals surface area contributed by atoms with Crippen LogP contribution in [0.4, 0.5) is 0 Å². The number of aryl methyl sites for hydroxylation is 1. The van der Waals surface area contributed by atoms with Crippen LogP contribution >= 0.6 is 24.0 Å². The zero-order valence-corrected chi connectivity index (χ0v) is 20.0. The predicted octanol–water partition coefficient (Wildman–Crippen LogP) is 4.19. The topological polar surface area (TPSA) is 67.1 Å². The summed E-state index contributed by atoms with van der Waals surface area (Å²) in [5.74, 6) is 2.02. The van der Waals surface area contributed by atoms with Crippen LogP contribution in [0.3, 0.4) is 0 Å². The second kappa shape index (κ2) is 13.0. The molecule has 0 amide bonds. The van der Waals surface area contributed by atoms with Crippen molar-refractivity contribution < 1.29 is 0 Å². The van der Waals surface area contributed by atoms with Crippen LogP contribution in [0.5, 0.6) is 0 Å². The number of guanidine groups is 1. The number of aromatic nitrogens is 3. The van der Waals surface area contributed by atoms with Crippen molar-refractivity contribution in [1.29, 1.82) is 0 Å². The van der Waals surface area contributed by atoms with Crippen molar-refractivity contribution in [3.05, 3.63) is 83.9 Å². The molecule has 0 saturated carbocycles. The van der Waals surface area contributed by atoms with Crippen molar-refractivity contribution in [3.8, 4) is 0 Å². The molecule has 2 aromatic carbocycles. The highest BCUT2D eigenvalue weighted by molar-refractivity contribution is 14.0. The molecule has 0 bridgehead atoms. The maximum atomic E-state index is 4.68. The summed E-state index contributed by atoms with van der Waals surface area (Å²) in [6, 6.07) is 21.4. The van der Waals surface area contributed by atoms with E-state index >= 15 is 0 Å². The van der Waals surface area contributed by atoms with Gasteiger partial charge in [0.2, 0.25) is 0 Å². The van der Waals surface area contributed by atoms with E-state index < -0.39 is 0 Å².